The molecule has 19 heavy (non-hydrogen) atoms. The lowest BCUT2D eigenvalue weighted by molar-refractivity contribution is -0.149. The van der Waals surface area contributed by atoms with Gasteiger partial charge in [-0.2, -0.15) is 0 Å². The second-order valence-electron chi connectivity index (χ2n) is 4.54. The van der Waals surface area contributed by atoms with Gasteiger partial charge in [-0.15, -0.1) is 0 Å². The standard InChI is InChI=1S/C9H17N3O6S/c1-9(2,7(14)15)5-6(13)12-8(16)11-3-4-19(10,17)18/h3-5H2,1-2H3,(H,14,15)(H2,10,17,18)(H2,11,12,13,16). The Kier molecular flexibility index (Phi) is 5.90. The molecule has 10 heteroatoms. The van der Waals surface area contributed by atoms with Crippen molar-refractivity contribution in [1.29, 1.82) is 0 Å². The van der Waals surface area contributed by atoms with Gasteiger partial charge in [-0.05, 0) is 13.8 Å². The lowest BCUT2D eigenvalue weighted by atomic mass is 9.89. The molecule has 0 aliphatic carbocycles. The Morgan fingerprint density at radius 1 is 1.26 bits per heavy atom. The number of rotatable bonds is 6. The summed E-state index contributed by atoms with van der Waals surface area (Å²) >= 11 is 0. The normalized spacial score (nSPS) is 11.7. The number of hydrogen-bond donors (Lipinski definition) is 4. The molecule has 9 nitrogen and oxygen atoms in total. The number of primary sulfonamides is 1. The Balaban J connectivity index is 4.14. The van der Waals surface area contributed by atoms with Crippen LogP contribution >= 0.6 is 0 Å². The molecule has 5 N–H and O–H groups in total. The van der Waals surface area contributed by atoms with Gasteiger partial charge in [0.25, 0.3) is 0 Å². The minimum Gasteiger partial charge on any atom is -0.481 e. The van der Waals surface area contributed by atoms with Gasteiger partial charge in [0.1, 0.15) is 0 Å². The van der Waals surface area contributed by atoms with E-state index >= 15 is 0 Å². The number of urea groups is 1. The number of carboxylic acids is 1. The van der Waals surface area contributed by atoms with Crippen molar-refractivity contribution in [2.45, 2.75) is 20.3 Å². The highest BCUT2D eigenvalue weighted by Gasteiger charge is 2.30. The molecule has 0 atom stereocenters. The minimum absolute atomic E-state index is 0.250. The van der Waals surface area contributed by atoms with Crippen LogP contribution in [0.2, 0.25) is 0 Å². The summed E-state index contributed by atoms with van der Waals surface area (Å²) in [6.45, 7) is 2.43. The van der Waals surface area contributed by atoms with Gasteiger partial charge in [0.2, 0.25) is 15.9 Å². The molecule has 0 spiro atoms. The molecule has 110 valence electrons. The minimum atomic E-state index is -3.69. The van der Waals surface area contributed by atoms with Crippen molar-refractivity contribution in [3.8, 4) is 0 Å². The van der Waals surface area contributed by atoms with E-state index in [0.717, 1.165) is 0 Å². The van der Waals surface area contributed by atoms with Crippen LogP contribution in [0.15, 0.2) is 0 Å². The lowest BCUT2D eigenvalue weighted by Gasteiger charge is -2.17. The average molecular weight is 295 g/mol. The van der Waals surface area contributed by atoms with Crippen LogP contribution in [0.3, 0.4) is 0 Å². The third-order valence-corrected chi connectivity index (χ3v) is 2.88. The molecule has 0 heterocycles. The third kappa shape index (κ3) is 8.11. The van der Waals surface area contributed by atoms with E-state index in [0.29, 0.717) is 0 Å². The van der Waals surface area contributed by atoms with Gasteiger partial charge in [0.15, 0.2) is 0 Å². The zero-order chi connectivity index (χ0) is 15.3. The van der Waals surface area contributed by atoms with Gasteiger partial charge in [-0.1, -0.05) is 0 Å². The Morgan fingerprint density at radius 2 is 1.79 bits per heavy atom. The molecule has 0 aliphatic rings. The molecule has 0 aromatic carbocycles. The number of nitrogens with two attached hydrogens (primary N) is 1. The number of hydrogen-bond acceptors (Lipinski definition) is 5. The first-order chi connectivity index (χ1) is 8.44. The van der Waals surface area contributed by atoms with Crippen LogP contribution in [0.1, 0.15) is 20.3 Å². The fourth-order valence-corrected chi connectivity index (χ4v) is 1.39. The quantitative estimate of drug-likeness (QED) is 0.472. The zero-order valence-electron chi connectivity index (χ0n) is 10.6. The van der Waals surface area contributed by atoms with Crippen molar-refractivity contribution in [3.63, 3.8) is 0 Å². The van der Waals surface area contributed by atoms with Gasteiger partial charge in [0, 0.05) is 13.0 Å². The van der Waals surface area contributed by atoms with Gasteiger partial charge in [-0.3, -0.25) is 14.9 Å². The van der Waals surface area contributed by atoms with Crippen LogP contribution in [0.5, 0.6) is 0 Å². The average Bonchev–Trinajstić information content (AvgIpc) is 2.13. The maximum Gasteiger partial charge on any atom is 0.321 e. The highest BCUT2D eigenvalue weighted by Crippen LogP contribution is 2.19. The number of carboxylic acid groups (broad SMARTS) is 1. The molecular weight excluding hydrogens is 278 g/mol. The SMILES string of the molecule is CC(C)(CC(=O)NC(=O)NCCS(N)(=O)=O)C(=O)O. The molecule has 3 amide bonds. The number of sulfonamides is 1. The molecular formula is C9H17N3O6S. The molecule has 0 rings (SSSR count). The topological polar surface area (TPSA) is 156 Å². The van der Waals surface area contributed by atoms with Crippen molar-refractivity contribution < 1.29 is 27.9 Å². The number of imide groups is 1. The van der Waals surface area contributed by atoms with E-state index in [-0.39, 0.29) is 13.0 Å². The van der Waals surface area contributed by atoms with Crippen LogP contribution in [0.4, 0.5) is 4.79 Å². The van der Waals surface area contributed by atoms with Gasteiger partial charge < -0.3 is 10.4 Å². The molecule has 0 unspecified atom stereocenters. The summed E-state index contributed by atoms with van der Waals surface area (Å²) in [7, 11) is -3.69. The van der Waals surface area contributed by atoms with Crippen molar-refractivity contribution in [3.05, 3.63) is 0 Å². The summed E-state index contributed by atoms with van der Waals surface area (Å²) in [5.41, 5.74) is -1.30. The van der Waals surface area contributed by atoms with Crippen molar-refractivity contribution in [2.75, 3.05) is 12.3 Å². The van der Waals surface area contributed by atoms with E-state index in [1.165, 1.54) is 13.8 Å². The summed E-state index contributed by atoms with van der Waals surface area (Å²) in [6, 6.07) is -0.908. The molecule has 0 saturated heterocycles. The van der Waals surface area contributed by atoms with E-state index < -0.39 is 39.1 Å². The summed E-state index contributed by atoms with van der Waals surface area (Å²) in [4.78, 5) is 33.3. The second-order valence-corrected chi connectivity index (χ2v) is 6.27. The molecule has 0 bridgehead atoms. The molecule has 0 aromatic heterocycles. The number of carbonyl (C=O) groups excluding carboxylic acids is 2. The molecule has 0 saturated carbocycles. The van der Waals surface area contributed by atoms with E-state index in [4.69, 9.17) is 10.2 Å². The van der Waals surface area contributed by atoms with Gasteiger partial charge in [0.05, 0.1) is 11.2 Å². The highest BCUT2D eigenvalue weighted by molar-refractivity contribution is 7.89. The van der Waals surface area contributed by atoms with Crippen LogP contribution < -0.4 is 15.8 Å². The number of amides is 3. The molecule has 0 aromatic rings. The predicted octanol–water partition coefficient (Wildman–Crippen LogP) is -1.40. The fraction of sp³-hybridized carbons (Fsp3) is 0.667. The van der Waals surface area contributed by atoms with E-state index in [1.807, 2.05) is 5.32 Å². The summed E-state index contributed by atoms with van der Waals surface area (Å²) in [5, 5.41) is 17.5. The number of aliphatic carboxylic acids is 1. The van der Waals surface area contributed by atoms with E-state index in [1.54, 1.807) is 0 Å². The Morgan fingerprint density at radius 3 is 2.21 bits per heavy atom. The maximum absolute atomic E-state index is 11.4. The summed E-state index contributed by atoms with van der Waals surface area (Å²) in [6.07, 6.45) is -0.384. The summed E-state index contributed by atoms with van der Waals surface area (Å²) < 4.78 is 21.1. The monoisotopic (exact) mass is 295 g/mol. The third-order valence-electron chi connectivity index (χ3n) is 2.11. The smallest absolute Gasteiger partial charge is 0.321 e. The highest BCUT2D eigenvalue weighted by atomic mass is 32.2. The van der Waals surface area contributed by atoms with Crippen LogP contribution in [-0.4, -0.2) is 43.7 Å². The molecule has 0 radical (unpaired) electrons. The molecule has 0 fully saturated rings. The van der Waals surface area contributed by atoms with Crippen LogP contribution in [0, 0.1) is 5.41 Å². The molecule has 0 aliphatic heterocycles. The number of carbonyl (C=O) groups is 3. The van der Waals surface area contributed by atoms with Crippen molar-refractivity contribution in [1.82, 2.24) is 10.6 Å². The van der Waals surface area contributed by atoms with E-state index in [2.05, 4.69) is 5.32 Å². The van der Waals surface area contributed by atoms with Crippen molar-refractivity contribution >= 4 is 27.9 Å². The zero-order valence-corrected chi connectivity index (χ0v) is 11.4. The first kappa shape index (κ1) is 17.3. The fourth-order valence-electron chi connectivity index (χ4n) is 0.999. The first-order valence-electron chi connectivity index (χ1n) is 5.25. The van der Waals surface area contributed by atoms with Crippen LogP contribution in [-0.2, 0) is 19.6 Å². The summed E-state index contributed by atoms with van der Waals surface area (Å²) in [5.74, 6) is -2.41. The van der Waals surface area contributed by atoms with Crippen molar-refractivity contribution in [2.24, 2.45) is 10.6 Å². The van der Waals surface area contributed by atoms with Gasteiger partial charge >= 0.3 is 12.0 Å². The van der Waals surface area contributed by atoms with Gasteiger partial charge in [-0.25, -0.2) is 18.4 Å². The van der Waals surface area contributed by atoms with E-state index in [9.17, 15) is 22.8 Å². The Bertz CT molecular complexity index is 470. The van der Waals surface area contributed by atoms with Crippen LogP contribution in [0.25, 0.3) is 0 Å². The maximum atomic E-state index is 11.4. The Hall–Kier alpha value is -1.68. The number of nitrogens with one attached hydrogen (secondary N) is 2. The first-order valence-corrected chi connectivity index (χ1v) is 6.97. The Labute approximate surface area is 110 Å². The lowest BCUT2D eigenvalue weighted by Crippen LogP contribution is -2.43. The largest absolute Gasteiger partial charge is 0.481 e. The second kappa shape index (κ2) is 6.48. The predicted molar refractivity (Wildman–Crippen MR) is 65.5 cm³/mol.